The van der Waals surface area contributed by atoms with Gasteiger partial charge in [0.05, 0.1) is 5.92 Å². The average Bonchev–Trinajstić information content (AvgIpc) is 2.88. The molecule has 1 saturated carbocycles. The molecular weight excluding hydrogens is 206 g/mol. The zero-order valence-electron chi connectivity index (χ0n) is 10.2. The second-order valence-corrected chi connectivity index (χ2v) is 5.23. The van der Waals surface area contributed by atoms with Gasteiger partial charge < -0.3 is 10.4 Å². The van der Waals surface area contributed by atoms with Crippen molar-refractivity contribution in [1.82, 2.24) is 5.32 Å². The molecule has 4 heteroatoms. The van der Waals surface area contributed by atoms with Crippen LogP contribution < -0.4 is 5.32 Å². The molecule has 1 amide bonds. The van der Waals surface area contributed by atoms with Crippen molar-refractivity contribution in [1.29, 1.82) is 0 Å². The first-order valence-corrected chi connectivity index (χ1v) is 5.92. The molecule has 16 heavy (non-hydrogen) atoms. The Kier molecular flexibility index (Phi) is 4.33. The van der Waals surface area contributed by atoms with Gasteiger partial charge in [0.15, 0.2) is 0 Å². The zero-order valence-corrected chi connectivity index (χ0v) is 10.2. The lowest BCUT2D eigenvalue weighted by molar-refractivity contribution is -0.142. The van der Waals surface area contributed by atoms with E-state index in [1.807, 2.05) is 20.8 Å². The van der Waals surface area contributed by atoms with Crippen LogP contribution >= 0.6 is 0 Å². The number of carboxylic acid groups (broad SMARTS) is 1. The number of amides is 1. The van der Waals surface area contributed by atoms with Crippen molar-refractivity contribution in [2.45, 2.75) is 33.6 Å². The van der Waals surface area contributed by atoms with Crippen molar-refractivity contribution >= 4 is 11.9 Å². The Morgan fingerprint density at radius 1 is 1.44 bits per heavy atom. The van der Waals surface area contributed by atoms with E-state index >= 15 is 0 Å². The minimum atomic E-state index is -0.821. The molecule has 0 aromatic heterocycles. The number of nitrogens with one attached hydrogen (secondary N) is 1. The van der Waals surface area contributed by atoms with Gasteiger partial charge in [-0.3, -0.25) is 9.59 Å². The molecule has 4 nitrogen and oxygen atoms in total. The first-order valence-electron chi connectivity index (χ1n) is 5.92. The smallest absolute Gasteiger partial charge is 0.308 e. The topological polar surface area (TPSA) is 66.4 Å². The fourth-order valence-electron chi connectivity index (χ4n) is 1.88. The van der Waals surface area contributed by atoms with Crippen molar-refractivity contribution in [3.8, 4) is 0 Å². The Hall–Kier alpha value is -1.06. The van der Waals surface area contributed by atoms with Gasteiger partial charge >= 0.3 is 5.97 Å². The summed E-state index contributed by atoms with van der Waals surface area (Å²) in [6.45, 7) is 6.27. The maximum atomic E-state index is 11.5. The van der Waals surface area contributed by atoms with Crippen molar-refractivity contribution in [3.05, 3.63) is 0 Å². The van der Waals surface area contributed by atoms with E-state index in [1.165, 1.54) is 0 Å². The number of carbonyl (C=O) groups excluding carboxylic acids is 1. The van der Waals surface area contributed by atoms with E-state index in [2.05, 4.69) is 5.32 Å². The summed E-state index contributed by atoms with van der Waals surface area (Å²) in [6.07, 6.45) is 1.55. The largest absolute Gasteiger partial charge is 0.481 e. The highest BCUT2D eigenvalue weighted by Gasteiger charge is 2.39. The van der Waals surface area contributed by atoms with Gasteiger partial charge in [-0.15, -0.1) is 0 Å². The predicted molar refractivity (Wildman–Crippen MR) is 60.9 cm³/mol. The summed E-state index contributed by atoms with van der Waals surface area (Å²) in [7, 11) is 0. The molecular formula is C12H21NO3. The van der Waals surface area contributed by atoms with Crippen LogP contribution in [0.2, 0.25) is 0 Å². The first kappa shape index (κ1) is 13.0. The van der Waals surface area contributed by atoms with Crippen LogP contribution in [0.15, 0.2) is 0 Å². The van der Waals surface area contributed by atoms with E-state index in [9.17, 15) is 9.59 Å². The Balaban J connectivity index is 2.32. The molecule has 0 heterocycles. The van der Waals surface area contributed by atoms with Gasteiger partial charge in [-0.05, 0) is 24.7 Å². The Morgan fingerprint density at radius 2 is 2.00 bits per heavy atom. The quantitative estimate of drug-likeness (QED) is 0.722. The van der Waals surface area contributed by atoms with Crippen molar-refractivity contribution in [2.24, 2.45) is 23.7 Å². The van der Waals surface area contributed by atoms with Gasteiger partial charge in [0.1, 0.15) is 0 Å². The fraction of sp³-hybridized carbons (Fsp3) is 0.833. The van der Waals surface area contributed by atoms with Crippen LogP contribution in [0, 0.1) is 23.7 Å². The summed E-state index contributed by atoms with van der Waals surface area (Å²) in [4.78, 5) is 22.5. The second-order valence-electron chi connectivity index (χ2n) is 5.23. The molecule has 92 valence electrons. The minimum absolute atomic E-state index is 0.0162. The minimum Gasteiger partial charge on any atom is -0.481 e. The number of hydrogen-bond donors (Lipinski definition) is 2. The summed E-state index contributed by atoms with van der Waals surface area (Å²) in [5, 5.41) is 11.7. The van der Waals surface area contributed by atoms with Crippen LogP contribution in [0.5, 0.6) is 0 Å². The number of rotatable bonds is 6. The van der Waals surface area contributed by atoms with Crippen molar-refractivity contribution in [2.75, 3.05) is 6.54 Å². The normalized spacial score (nSPS) is 25.2. The van der Waals surface area contributed by atoms with Gasteiger partial charge in [0.25, 0.3) is 0 Å². The predicted octanol–water partition coefficient (Wildman–Crippen LogP) is 1.51. The lowest BCUT2D eigenvalue weighted by atomic mass is 9.97. The van der Waals surface area contributed by atoms with Crippen LogP contribution in [-0.2, 0) is 9.59 Å². The molecule has 0 spiro atoms. The van der Waals surface area contributed by atoms with Crippen LogP contribution in [0.25, 0.3) is 0 Å². The molecule has 0 radical (unpaired) electrons. The maximum Gasteiger partial charge on any atom is 0.308 e. The monoisotopic (exact) mass is 227 g/mol. The molecule has 1 aliphatic carbocycles. The summed E-state index contributed by atoms with van der Waals surface area (Å²) in [5.74, 6) is -0.349. The van der Waals surface area contributed by atoms with Gasteiger partial charge in [-0.1, -0.05) is 20.8 Å². The van der Waals surface area contributed by atoms with E-state index in [0.29, 0.717) is 18.3 Å². The molecule has 0 saturated heterocycles. The molecule has 0 bridgehead atoms. The Morgan fingerprint density at radius 3 is 2.38 bits per heavy atom. The zero-order chi connectivity index (χ0) is 12.3. The van der Waals surface area contributed by atoms with Crippen molar-refractivity contribution in [3.63, 3.8) is 0 Å². The molecule has 3 atom stereocenters. The van der Waals surface area contributed by atoms with E-state index in [0.717, 1.165) is 6.42 Å². The lowest BCUT2D eigenvalue weighted by Crippen LogP contribution is -2.34. The van der Waals surface area contributed by atoms with E-state index < -0.39 is 11.9 Å². The number of carbonyl (C=O) groups is 2. The average molecular weight is 227 g/mol. The molecule has 0 aliphatic heterocycles. The molecule has 1 aliphatic rings. The molecule has 0 aromatic rings. The summed E-state index contributed by atoms with van der Waals surface area (Å²) in [5.41, 5.74) is 0. The third-order valence-electron chi connectivity index (χ3n) is 3.07. The van der Waals surface area contributed by atoms with Crippen molar-refractivity contribution < 1.29 is 14.7 Å². The molecule has 1 fully saturated rings. The third-order valence-corrected chi connectivity index (χ3v) is 3.07. The fourth-order valence-corrected chi connectivity index (χ4v) is 1.88. The first-order chi connectivity index (χ1) is 7.41. The number of hydrogen-bond acceptors (Lipinski definition) is 2. The van der Waals surface area contributed by atoms with Gasteiger partial charge in [-0.2, -0.15) is 0 Å². The highest BCUT2D eigenvalue weighted by Crippen LogP contribution is 2.37. The maximum absolute atomic E-state index is 11.5. The Bertz CT molecular complexity index is 275. The molecule has 2 N–H and O–H groups in total. The van der Waals surface area contributed by atoms with Gasteiger partial charge in [0.2, 0.25) is 5.91 Å². The molecule has 1 rings (SSSR count). The van der Waals surface area contributed by atoms with E-state index in [4.69, 9.17) is 5.11 Å². The van der Waals surface area contributed by atoms with Crippen LogP contribution in [0.4, 0.5) is 0 Å². The highest BCUT2D eigenvalue weighted by atomic mass is 16.4. The van der Waals surface area contributed by atoms with Crippen LogP contribution in [-0.4, -0.2) is 23.5 Å². The summed E-state index contributed by atoms with van der Waals surface area (Å²) >= 11 is 0. The molecule has 3 unspecified atom stereocenters. The lowest BCUT2D eigenvalue weighted by Gasteiger charge is -2.15. The Labute approximate surface area is 96.4 Å². The second kappa shape index (κ2) is 5.32. The summed E-state index contributed by atoms with van der Waals surface area (Å²) in [6, 6.07) is 0. The van der Waals surface area contributed by atoms with E-state index in [-0.39, 0.29) is 18.4 Å². The summed E-state index contributed by atoms with van der Waals surface area (Å²) < 4.78 is 0. The number of aliphatic carboxylic acids is 1. The van der Waals surface area contributed by atoms with Gasteiger partial charge in [-0.25, -0.2) is 0 Å². The van der Waals surface area contributed by atoms with E-state index in [1.54, 1.807) is 0 Å². The number of carboxylic acids is 1. The SMILES string of the molecule is CC(C)CC(CNC(=O)C1CC1C)C(=O)O. The highest BCUT2D eigenvalue weighted by molar-refractivity contribution is 5.82. The third kappa shape index (κ3) is 3.83. The van der Waals surface area contributed by atoms with Crippen LogP contribution in [0.3, 0.4) is 0 Å². The molecule has 0 aromatic carbocycles. The van der Waals surface area contributed by atoms with Gasteiger partial charge in [0, 0.05) is 12.5 Å². The van der Waals surface area contributed by atoms with Crippen LogP contribution in [0.1, 0.15) is 33.6 Å². The standard InChI is InChI=1S/C12H21NO3/c1-7(2)4-9(12(15)16)6-13-11(14)10-5-8(10)3/h7-10H,4-6H2,1-3H3,(H,13,14)(H,15,16).